The molecule has 0 heterocycles. The number of hydrogen-bond acceptors (Lipinski definition) is 5. The van der Waals surface area contributed by atoms with E-state index in [0.717, 1.165) is 0 Å². The second-order valence-corrected chi connectivity index (χ2v) is 4.19. The van der Waals surface area contributed by atoms with Gasteiger partial charge in [0.05, 0.1) is 6.61 Å². The van der Waals surface area contributed by atoms with Crippen LogP contribution in [0.5, 0.6) is 0 Å². The van der Waals surface area contributed by atoms with Crippen molar-refractivity contribution in [1.29, 1.82) is 0 Å². The summed E-state index contributed by atoms with van der Waals surface area (Å²) in [7, 11) is 0. The molecule has 6 nitrogen and oxygen atoms in total. The molecule has 1 atom stereocenters. The van der Waals surface area contributed by atoms with Gasteiger partial charge >= 0.3 is 12.1 Å². The molecule has 0 aliphatic carbocycles. The first-order valence-corrected chi connectivity index (χ1v) is 5.16. The van der Waals surface area contributed by atoms with Gasteiger partial charge in [0, 0.05) is 6.54 Å². The molecule has 0 aromatic rings. The van der Waals surface area contributed by atoms with Crippen molar-refractivity contribution in [3.8, 4) is 0 Å². The van der Waals surface area contributed by atoms with E-state index in [0.29, 0.717) is 0 Å². The monoisotopic (exact) mass is 232 g/mol. The molecule has 3 N–H and O–H groups in total. The van der Waals surface area contributed by atoms with Crippen molar-refractivity contribution < 1.29 is 19.1 Å². The van der Waals surface area contributed by atoms with Gasteiger partial charge in [-0.15, -0.1) is 0 Å². The number of hydrogen-bond donors (Lipinski definition) is 2. The number of amides is 1. The third-order valence-corrected chi connectivity index (χ3v) is 1.50. The number of esters is 1. The summed E-state index contributed by atoms with van der Waals surface area (Å²) in [5.74, 6) is -0.559. The zero-order valence-corrected chi connectivity index (χ0v) is 10.2. The lowest BCUT2D eigenvalue weighted by Crippen LogP contribution is -2.48. The minimum absolute atomic E-state index is 0.0297. The van der Waals surface area contributed by atoms with Crippen LogP contribution in [-0.4, -0.2) is 36.9 Å². The van der Waals surface area contributed by atoms with E-state index in [4.69, 9.17) is 15.2 Å². The van der Waals surface area contributed by atoms with Gasteiger partial charge in [0.25, 0.3) is 0 Å². The number of rotatable bonds is 4. The Hall–Kier alpha value is -1.30. The largest absolute Gasteiger partial charge is 0.464 e. The van der Waals surface area contributed by atoms with Crippen LogP contribution in [0.15, 0.2) is 0 Å². The van der Waals surface area contributed by atoms with E-state index >= 15 is 0 Å². The molecule has 0 saturated heterocycles. The van der Waals surface area contributed by atoms with Crippen molar-refractivity contribution in [3.05, 3.63) is 0 Å². The highest BCUT2D eigenvalue weighted by Crippen LogP contribution is 2.06. The molecule has 1 amide bonds. The van der Waals surface area contributed by atoms with Gasteiger partial charge in [-0.25, -0.2) is 9.59 Å². The highest BCUT2D eigenvalue weighted by atomic mass is 16.6. The predicted octanol–water partition coefficient (Wildman–Crippen LogP) is 0.401. The van der Waals surface area contributed by atoms with E-state index in [-0.39, 0.29) is 13.2 Å². The molecule has 0 spiro atoms. The Balaban J connectivity index is 4.22. The molecule has 94 valence electrons. The topological polar surface area (TPSA) is 90.6 Å². The van der Waals surface area contributed by atoms with E-state index in [9.17, 15) is 9.59 Å². The number of nitrogens with one attached hydrogen (secondary N) is 1. The smallest absolute Gasteiger partial charge is 0.408 e. The van der Waals surface area contributed by atoms with Gasteiger partial charge < -0.3 is 20.5 Å². The Labute approximate surface area is 95.5 Å². The molecule has 16 heavy (non-hydrogen) atoms. The molecule has 0 bridgehead atoms. The summed E-state index contributed by atoms with van der Waals surface area (Å²) in [6.45, 7) is 7.08. The first kappa shape index (κ1) is 14.7. The summed E-state index contributed by atoms with van der Waals surface area (Å²) in [5.41, 5.74) is 4.73. The average Bonchev–Trinajstić information content (AvgIpc) is 2.11. The molecule has 6 heteroatoms. The Morgan fingerprint density at radius 1 is 1.38 bits per heavy atom. The number of carbonyl (C=O) groups excluding carboxylic acids is 2. The lowest BCUT2D eigenvalue weighted by atomic mass is 10.2. The second-order valence-electron chi connectivity index (χ2n) is 4.19. The first-order valence-electron chi connectivity index (χ1n) is 5.16. The SMILES string of the molecule is CCOC(=O)[C@H](CN)NC(=O)OC(C)(C)C. The minimum Gasteiger partial charge on any atom is -0.464 e. The molecular weight excluding hydrogens is 212 g/mol. The maximum atomic E-state index is 11.3. The van der Waals surface area contributed by atoms with Crippen LogP contribution in [0.3, 0.4) is 0 Å². The predicted molar refractivity (Wildman–Crippen MR) is 58.8 cm³/mol. The highest BCUT2D eigenvalue weighted by Gasteiger charge is 2.23. The number of ether oxygens (including phenoxy) is 2. The lowest BCUT2D eigenvalue weighted by molar-refractivity contribution is -0.145. The summed E-state index contributed by atoms with van der Waals surface area (Å²) in [6.07, 6.45) is -0.684. The van der Waals surface area contributed by atoms with E-state index in [2.05, 4.69) is 5.32 Å². The second kappa shape index (κ2) is 6.32. The molecule has 0 fully saturated rings. The van der Waals surface area contributed by atoms with Crippen LogP contribution >= 0.6 is 0 Å². The zero-order valence-electron chi connectivity index (χ0n) is 10.2. The third kappa shape index (κ3) is 6.23. The number of carbonyl (C=O) groups is 2. The number of nitrogens with two attached hydrogens (primary N) is 1. The molecular formula is C10H20N2O4. The fraction of sp³-hybridized carbons (Fsp3) is 0.800. The highest BCUT2D eigenvalue weighted by molar-refractivity contribution is 5.81. The van der Waals surface area contributed by atoms with E-state index in [1.54, 1.807) is 27.7 Å². The Bertz CT molecular complexity index is 248. The number of alkyl carbamates (subject to hydrolysis) is 1. The van der Waals surface area contributed by atoms with E-state index < -0.39 is 23.7 Å². The minimum atomic E-state index is -0.866. The molecule has 0 rings (SSSR count). The van der Waals surface area contributed by atoms with Crippen LogP contribution in [-0.2, 0) is 14.3 Å². The van der Waals surface area contributed by atoms with Crippen molar-refractivity contribution in [3.63, 3.8) is 0 Å². The fourth-order valence-electron chi connectivity index (χ4n) is 0.907. The van der Waals surface area contributed by atoms with Crippen molar-refractivity contribution >= 4 is 12.1 Å². The van der Waals surface area contributed by atoms with Crippen LogP contribution < -0.4 is 11.1 Å². The Morgan fingerprint density at radius 3 is 2.31 bits per heavy atom. The van der Waals surface area contributed by atoms with Gasteiger partial charge in [-0.2, -0.15) is 0 Å². The normalized spacial score (nSPS) is 12.8. The molecule has 0 saturated carbocycles. The summed E-state index contributed by atoms with van der Waals surface area (Å²) < 4.78 is 9.72. The zero-order chi connectivity index (χ0) is 12.8. The quantitative estimate of drug-likeness (QED) is 0.685. The summed E-state index contributed by atoms with van der Waals surface area (Å²) in [4.78, 5) is 22.6. The van der Waals surface area contributed by atoms with Crippen LogP contribution in [0, 0.1) is 0 Å². The van der Waals surface area contributed by atoms with Gasteiger partial charge in [-0.1, -0.05) is 0 Å². The maximum Gasteiger partial charge on any atom is 0.408 e. The molecule has 0 radical (unpaired) electrons. The average molecular weight is 232 g/mol. The summed E-state index contributed by atoms with van der Waals surface area (Å²) in [5, 5.41) is 2.35. The maximum absolute atomic E-state index is 11.3. The van der Waals surface area contributed by atoms with Crippen molar-refractivity contribution in [2.45, 2.75) is 39.3 Å². The van der Waals surface area contributed by atoms with Gasteiger partial charge in [0.1, 0.15) is 11.6 Å². The fourth-order valence-corrected chi connectivity index (χ4v) is 0.907. The van der Waals surface area contributed by atoms with Gasteiger partial charge in [0.2, 0.25) is 0 Å². The van der Waals surface area contributed by atoms with Gasteiger partial charge in [-0.05, 0) is 27.7 Å². The van der Waals surface area contributed by atoms with Crippen molar-refractivity contribution in [2.75, 3.05) is 13.2 Å². The summed E-state index contributed by atoms with van der Waals surface area (Å²) in [6, 6.07) is -0.866. The van der Waals surface area contributed by atoms with Crippen LogP contribution in [0.25, 0.3) is 0 Å². The van der Waals surface area contributed by atoms with Crippen LogP contribution in [0.2, 0.25) is 0 Å². The van der Waals surface area contributed by atoms with Gasteiger partial charge in [0.15, 0.2) is 0 Å². The van der Waals surface area contributed by atoms with E-state index in [1.807, 2.05) is 0 Å². The first-order chi connectivity index (χ1) is 7.30. The molecule has 0 aromatic heterocycles. The van der Waals surface area contributed by atoms with E-state index in [1.165, 1.54) is 0 Å². The molecule has 0 aliphatic heterocycles. The summed E-state index contributed by atoms with van der Waals surface area (Å²) >= 11 is 0. The van der Waals surface area contributed by atoms with Crippen LogP contribution in [0.4, 0.5) is 4.79 Å². The standard InChI is InChI=1S/C10H20N2O4/c1-5-15-8(13)7(6-11)12-9(14)16-10(2,3)4/h7H,5-6,11H2,1-4H3,(H,12,14)/t7-/m0/s1. The molecule has 0 unspecified atom stereocenters. The van der Waals surface area contributed by atoms with Crippen molar-refractivity contribution in [1.82, 2.24) is 5.32 Å². The van der Waals surface area contributed by atoms with Gasteiger partial charge in [-0.3, -0.25) is 0 Å². The Kier molecular flexibility index (Phi) is 5.81. The Morgan fingerprint density at radius 2 is 1.94 bits per heavy atom. The molecule has 0 aromatic carbocycles. The van der Waals surface area contributed by atoms with Crippen molar-refractivity contribution in [2.24, 2.45) is 5.73 Å². The van der Waals surface area contributed by atoms with Crippen LogP contribution in [0.1, 0.15) is 27.7 Å². The lowest BCUT2D eigenvalue weighted by Gasteiger charge is -2.22. The molecule has 0 aliphatic rings. The third-order valence-electron chi connectivity index (χ3n) is 1.50.